The second-order valence-electron chi connectivity index (χ2n) is 2.98. The smallest absolute Gasteiger partial charge is 0.271 e. The van der Waals surface area contributed by atoms with Crippen molar-refractivity contribution in [1.29, 1.82) is 0 Å². The minimum atomic E-state index is -0.219. The molecule has 6 nitrogen and oxygen atoms in total. The van der Waals surface area contributed by atoms with Gasteiger partial charge in [0, 0.05) is 0 Å². The average Bonchev–Trinajstić information content (AvgIpc) is 2.86. The van der Waals surface area contributed by atoms with Crippen LogP contribution in [0.2, 0.25) is 0 Å². The van der Waals surface area contributed by atoms with Crippen LogP contribution in [0.5, 0.6) is 0 Å². The number of nitrogens with one attached hydrogen (secondary N) is 1. The van der Waals surface area contributed by atoms with Crippen LogP contribution in [0.4, 0.5) is 5.13 Å². The minimum absolute atomic E-state index is 0.219. The molecule has 0 aliphatic heterocycles. The standard InChI is InChI=1S/C8H9N5OS2/c1-3-5-6(16-13-11-5)7(14)9-8-12-10-4(2)15-8/h3H2,1-2H3,(H,9,12,14). The van der Waals surface area contributed by atoms with Gasteiger partial charge >= 0.3 is 0 Å². The lowest BCUT2D eigenvalue weighted by atomic mass is 10.3. The van der Waals surface area contributed by atoms with Crippen LogP contribution in [0.1, 0.15) is 27.3 Å². The number of rotatable bonds is 3. The van der Waals surface area contributed by atoms with E-state index in [9.17, 15) is 4.79 Å². The predicted octanol–water partition coefficient (Wildman–Crippen LogP) is 1.51. The summed E-state index contributed by atoms with van der Waals surface area (Å²) < 4.78 is 3.76. The molecule has 0 fully saturated rings. The normalized spacial score (nSPS) is 10.4. The monoisotopic (exact) mass is 255 g/mol. The lowest BCUT2D eigenvalue weighted by Crippen LogP contribution is -2.12. The molecule has 8 heteroatoms. The summed E-state index contributed by atoms with van der Waals surface area (Å²) in [7, 11) is 0. The van der Waals surface area contributed by atoms with E-state index in [-0.39, 0.29) is 5.91 Å². The summed E-state index contributed by atoms with van der Waals surface area (Å²) in [6.07, 6.45) is 0.689. The van der Waals surface area contributed by atoms with Crippen LogP contribution >= 0.6 is 22.9 Å². The van der Waals surface area contributed by atoms with Crippen molar-refractivity contribution in [1.82, 2.24) is 19.8 Å². The first-order valence-corrected chi connectivity index (χ1v) is 6.22. The lowest BCUT2D eigenvalue weighted by Gasteiger charge is -1.98. The van der Waals surface area contributed by atoms with Crippen LogP contribution < -0.4 is 5.32 Å². The Morgan fingerprint density at radius 3 is 2.81 bits per heavy atom. The number of amides is 1. The SMILES string of the molecule is CCc1nnsc1C(=O)Nc1nnc(C)s1. The molecule has 0 bridgehead atoms. The molecule has 0 saturated heterocycles. The molecular formula is C8H9N5OS2. The van der Waals surface area contributed by atoms with Crippen LogP contribution in [0.3, 0.4) is 0 Å². The predicted molar refractivity (Wildman–Crippen MR) is 61.9 cm³/mol. The molecule has 0 aromatic carbocycles. The highest BCUT2D eigenvalue weighted by atomic mass is 32.1. The summed E-state index contributed by atoms with van der Waals surface area (Å²) in [5.41, 5.74) is 0.712. The van der Waals surface area contributed by atoms with E-state index in [4.69, 9.17) is 0 Å². The highest BCUT2D eigenvalue weighted by Gasteiger charge is 2.16. The number of aromatic nitrogens is 4. The zero-order valence-corrected chi connectivity index (χ0v) is 10.4. The van der Waals surface area contributed by atoms with Crippen LogP contribution in [-0.4, -0.2) is 25.7 Å². The van der Waals surface area contributed by atoms with Crippen LogP contribution in [0.15, 0.2) is 0 Å². The van der Waals surface area contributed by atoms with Crippen molar-refractivity contribution in [3.8, 4) is 0 Å². The maximum atomic E-state index is 11.8. The van der Waals surface area contributed by atoms with Crippen molar-refractivity contribution in [3.63, 3.8) is 0 Å². The van der Waals surface area contributed by atoms with Gasteiger partial charge in [0.1, 0.15) is 9.88 Å². The number of carbonyl (C=O) groups is 1. The summed E-state index contributed by atoms with van der Waals surface area (Å²) in [5, 5.41) is 15.5. The Kier molecular flexibility index (Phi) is 3.20. The number of carbonyl (C=O) groups excluding carboxylic acids is 1. The largest absolute Gasteiger partial charge is 0.296 e. The van der Waals surface area contributed by atoms with Crippen LogP contribution in [-0.2, 0) is 6.42 Å². The van der Waals surface area contributed by atoms with Gasteiger partial charge in [-0.1, -0.05) is 22.7 Å². The van der Waals surface area contributed by atoms with Crippen molar-refractivity contribution >= 4 is 33.9 Å². The zero-order valence-electron chi connectivity index (χ0n) is 8.72. The molecule has 0 spiro atoms. The quantitative estimate of drug-likeness (QED) is 0.899. The summed E-state index contributed by atoms with van der Waals surface area (Å²) in [4.78, 5) is 12.4. The first-order valence-electron chi connectivity index (χ1n) is 4.63. The summed E-state index contributed by atoms with van der Waals surface area (Å²) in [6, 6.07) is 0. The second kappa shape index (κ2) is 4.62. The average molecular weight is 255 g/mol. The zero-order chi connectivity index (χ0) is 11.5. The third-order valence-electron chi connectivity index (χ3n) is 1.84. The van der Waals surface area contributed by atoms with E-state index in [1.54, 1.807) is 0 Å². The Balaban J connectivity index is 2.14. The number of hydrogen-bond donors (Lipinski definition) is 1. The van der Waals surface area contributed by atoms with Gasteiger partial charge in [-0.2, -0.15) is 0 Å². The topological polar surface area (TPSA) is 80.7 Å². The molecule has 0 aliphatic carbocycles. The van der Waals surface area contributed by atoms with Crippen molar-refractivity contribution in [3.05, 3.63) is 15.6 Å². The first-order chi connectivity index (χ1) is 7.70. The molecule has 16 heavy (non-hydrogen) atoms. The van der Waals surface area contributed by atoms with E-state index >= 15 is 0 Å². The first kappa shape index (κ1) is 11.1. The van der Waals surface area contributed by atoms with Gasteiger partial charge in [-0.3, -0.25) is 10.1 Å². The van der Waals surface area contributed by atoms with Crippen molar-refractivity contribution in [2.45, 2.75) is 20.3 Å². The molecule has 0 unspecified atom stereocenters. The number of aryl methyl sites for hydroxylation is 2. The van der Waals surface area contributed by atoms with Gasteiger partial charge in [-0.25, -0.2) is 0 Å². The number of hydrogen-bond acceptors (Lipinski definition) is 7. The molecule has 0 radical (unpaired) electrons. The fourth-order valence-corrected chi connectivity index (χ4v) is 2.35. The molecule has 0 saturated carbocycles. The summed E-state index contributed by atoms with van der Waals surface area (Å²) >= 11 is 2.43. The molecule has 0 atom stereocenters. The van der Waals surface area contributed by atoms with Crippen molar-refractivity contribution in [2.24, 2.45) is 0 Å². The molecule has 2 heterocycles. The third-order valence-corrected chi connectivity index (χ3v) is 3.36. The summed E-state index contributed by atoms with van der Waals surface area (Å²) in [5.74, 6) is -0.219. The number of anilines is 1. The lowest BCUT2D eigenvalue weighted by molar-refractivity contribution is 0.102. The fraction of sp³-hybridized carbons (Fsp3) is 0.375. The van der Waals surface area contributed by atoms with E-state index in [2.05, 4.69) is 25.1 Å². The highest BCUT2D eigenvalue weighted by Crippen LogP contribution is 2.17. The molecule has 84 valence electrons. The van der Waals surface area contributed by atoms with Crippen LogP contribution in [0, 0.1) is 6.92 Å². The van der Waals surface area contributed by atoms with Gasteiger partial charge in [0.05, 0.1) is 5.69 Å². The Labute approximate surface area is 99.9 Å². The molecule has 1 amide bonds. The molecule has 0 aliphatic rings. The van der Waals surface area contributed by atoms with E-state index in [1.807, 2.05) is 13.8 Å². The van der Waals surface area contributed by atoms with Gasteiger partial charge in [0.2, 0.25) is 5.13 Å². The second-order valence-corrected chi connectivity index (χ2v) is 4.92. The van der Waals surface area contributed by atoms with E-state index in [0.29, 0.717) is 22.1 Å². The molecule has 2 rings (SSSR count). The Morgan fingerprint density at radius 2 is 2.19 bits per heavy atom. The van der Waals surface area contributed by atoms with E-state index < -0.39 is 0 Å². The summed E-state index contributed by atoms with van der Waals surface area (Å²) in [6.45, 7) is 3.77. The van der Waals surface area contributed by atoms with Gasteiger partial charge in [0.25, 0.3) is 5.91 Å². The number of nitrogens with zero attached hydrogens (tertiary/aromatic N) is 4. The highest BCUT2D eigenvalue weighted by molar-refractivity contribution is 7.15. The Morgan fingerprint density at radius 1 is 1.38 bits per heavy atom. The van der Waals surface area contributed by atoms with Gasteiger partial charge in [-0.05, 0) is 24.9 Å². The van der Waals surface area contributed by atoms with Gasteiger partial charge < -0.3 is 0 Å². The minimum Gasteiger partial charge on any atom is -0.296 e. The van der Waals surface area contributed by atoms with Gasteiger partial charge in [-0.15, -0.1) is 15.3 Å². The fourth-order valence-electron chi connectivity index (χ4n) is 1.11. The van der Waals surface area contributed by atoms with E-state index in [1.165, 1.54) is 11.3 Å². The third kappa shape index (κ3) is 2.22. The maximum Gasteiger partial charge on any atom is 0.271 e. The molecule has 2 aromatic heterocycles. The Hall–Kier alpha value is -1.41. The van der Waals surface area contributed by atoms with Crippen molar-refractivity contribution in [2.75, 3.05) is 5.32 Å². The van der Waals surface area contributed by atoms with Crippen molar-refractivity contribution < 1.29 is 4.79 Å². The maximum absolute atomic E-state index is 11.8. The molecule has 2 aromatic rings. The van der Waals surface area contributed by atoms with E-state index in [0.717, 1.165) is 16.5 Å². The van der Waals surface area contributed by atoms with Gasteiger partial charge in [0.15, 0.2) is 0 Å². The molecular weight excluding hydrogens is 246 g/mol. The molecule has 1 N–H and O–H groups in total. The Bertz CT molecular complexity index is 506. The van der Waals surface area contributed by atoms with Crippen LogP contribution in [0.25, 0.3) is 0 Å².